The minimum absolute atomic E-state index is 0.0728. The monoisotopic (exact) mass is 236 g/mol. The predicted octanol–water partition coefficient (Wildman–Crippen LogP) is 0.917. The van der Waals surface area contributed by atoms with Crippen molar-refractivity contribution < 1.29 is 13.3 Å². The Hall–Kier alpha value is -0.690. The average Bonchev–Trinajstić information content (AvgIpc) is 2.17. The van der Waals surface area contributed by atoms with Crippen LogP contribution in [0.1, 0.15) is 0 Å². The number of pyridine rings is 1. The van der Waals surface area contributed by atoms with Gasteiger partial charge < -0.3 is 0 Å². The summed E-state index contributed by atoms with van der Waals surface area (Å²) in [5.74, 6) is 0. The number of hydrogen-bond donors (Lipinski definition) is 0. The van der Waals surface area contributed by atoms with Gasteiger partial charge >= 0.3 is 0 Å². The highest BCUT2D eigenvalue weighted by atomic mass is 35.5. The molecule has 14 heavy (non-hydrogen) atoms. The molecule has 0 N–H and O–H groups in total. The lowest BCUT2D eigenvalue weighted by Gasteiger charge is -2.14. The average molecular weight is 237 g/mol. The predicted molar refractivity (Wildman–Crippen MR) is 51.2 cm³/mol. The molecule has 7 heteroatoms. The van der Waals surface area contributed by atoms with Crippen LogP contribution >= 0.6 is 11.6 Å². The zero-order valence-electron chi connectivity index (χ0n) is 7.64. The van der Waals surface area contributed by atoms with Crippen LogP contribution < -0.4 is 0 Å². The first-order valence-corrected chi connectivity index (χ1v) is 5.45. The van der Waals surface area contributed by atoms with E-state index < -0.39 is 10.0 Å². The maximum atomic E-state index is 11.7. The number of hydrogen-bond acceptors (Lipinski definition) is 4. The lowest BCUT2D eigenvalue weighted by Crippen LogP contribution is -2.26. The summed E-state index contributed by atoms with van der Waals surface area (Å²) < 4.78 is 24.0. The van der Waals surface area contributed by atoms with E-state index in [1.165, 1.54) is 32.5 Å². The summed E-state index contributed by atoms with van der Waals surface area (Å²) in [5.41, 5.74) is 0. The third-order valence-corrected chi connectivity index (χ3v) is 3.72. The van der Waals surface area contributed by atoms with E-state index in [1.807, 2.05) is 0 Å². The first-order valence-electron chi connectivity index (χ1n) is 3.63. The van der Waals surface area contributed by atoms with Crippen LogP contribution in [-0.2, 0) is 14.9 Å². The Morgan fingerprint density at radius 2 is 2.21 bits per heavy atom. The van der Waals surface area contributed by atoms with Crippen LogP contribution in [0.15, 0.2) is 23.2 Å². The molecule has 0 saturated carbocycles. The Bertz CT molecular complexity index is 421. The van der Waals surface area contributed by atoms with Gasteiger partial charge in [-0.25, -0.2) is 13.4 Å². The highest BCUT2D eigenvalue weighted by molar-refractivity contribution is 7.89. The van der Waals surface area contributed by atoms with Crippen molar-refractivity contribution in [1.29, 1.82) is 0 Å². The summed E-state index contributed by atoms with van der Waals surface area (Å²) in [6.07, 6.45) is 1.41. The molecule has 0 saturated heterocycles. The van der Waals surface area contributed by atoms with Gasteiger partial charge in [0.05, 0.1) is 7.11 Å². The molecule has 0 aliphatic rings. The molecule has 0 bridgehead atoms. The van der Waals surface area contributed by atoms with E-state index in [4.69, 9.17) is 11.6 Å². The van der Waals surface area contributed by atoms with Gasteiger partial charge in [-0.3, -0.25) is 4.84 Å². The van der Waals surface area contributed by atoms with Gasteiger partial charge in [-0.05, 0) is 12.1 Å². The van der Waals surface area contributed by atoms with Crippen molar-refractivity contribution in [2.75, 3.05) is 14.2 Å². The molecule has 0 aliphatic heterocycles. The first kappa shape index (κ1) is 11.4. The molecule has 1 heterocycles. The van der Waals surface area contributed by atoms with E-state index >= 15 is 0 Å². The molecule has 0 atom stereocenters. The zero-order valence-corrected chi connectivity index (χ0v) is 9.21. The molecular weight excluding hydrogens is 228 g/mol. The molecule has 0 aromatic carbocycles. The van der Waals surface area contributed by atoms with Crippen molar-refractivity contribution in [2.24, 2.45) is 0 Å². The molecule has 0 radical (unpaired) electrons. The zero-order chi connectivity index (χ0) is 10.8. The number of sulfonamides is 1. The van der Waals surface area contributed by atoms with Gasteiger partial charge in [-0.15, -0.1) is 0 Å². The van der Waals surface area contributed by atoms with Gasteiger partial charge in [0.2, 0.25) is 0 Å². The van der Waals surface area contributed by atoms with Crippen LogP contribution in [0.4, 0.5) is 0 Å². The lowest BCUT2D eigenvalue weighted by molar-refractivity contribution is -0.0258. The standard InChI is InChI=1S/C7H9ClN2O3S/c1-10(13-2)14(11,12)6-4-3-5-9-7(6)8/h3-5H,1-2H3. The molecule has 0 unspecified atom stereocenters. The van der Waals surface area contributed by atoms with Gasteiger partial charge in [0, 0.05) is 13.2 Å². The van der Waals surface area contributed by atoms with Gasteiger partial charge in [-0.2, -0.15) is 0 Å². The number of rotatable bonds is 3. The minimum Gasteiger partial charge on any atom is -0.288 e. The first-order chi connectivity index (χ1) is 6.50. The highest BCUT2D eigenvalue weighted by Gasteiger charge is 2.23. The van der Waals surface area contributed by atoms with Crippen LogP contribution in [0.2, 0.25) is 5.15 Å². The van der Waals surface area contributed by atoms with Crippen molar-refractivity contribution in [1.82, 2.24) is 9.45 Å². The van der Waals surface area contributed by atoms with E-state index in [2.05, 4.69) is 9.82 Å². The van der Waals surface area contributed by atoms with Crippen LogP contribution in [0.3, 0.4) is 0 Å². The number of hydroxylamine groups is 1. The fourth-order valence-electron chi connectivity index (χ4n) is 0.800. The van der Waals surface area contributed by atoms with Gasteiger partial charge in [0.25, 0.3) is 10.0 Å². The number of halogens is 1. The van der Waals surface area contributed by atoms with E-state index in [0.717, 1.165) is 4.47 Å². The van der Waals surface area contributed by atoms with Gasteiger partial charge in [0.1, 0.15) is 10.0 Å². The largest absolute Gasteiger partial charge is 0.288 e. The summed E-state index contributed by atoms with van der Waals surface area (Å²) in [6, 6.07) is 2.85. The molecule has 0 aliphatic carbocycles. The maximum Gasteiger partial charge on any atom is 0.267 e. The third-order valence-electron chi connectivity index (χ3n) is 1.60. The summed E-state index contributed by atoms with van der Waals surface area (Å²) in [7, 11) is -1.17. The van der Waals surface area contributed by atoms with E-state index in [9.17, 15) is 8.42 Å². The quantitative estimate of drug-likeness (QED) is 0.578. The Morgan fingerprint density at radius 1 is 1.57 bits per heavy atom. The van der Waals surface area contributed by atoms with E-state index in [0.29, 0.717) is 0 Å². The summed E-state index contributed by atoms with van der Waals surface area (Å²) in [6.45, 7) is 0. The summed E-state index contributed by atoms with van der Waals surface area (Å²) in [4.78, 5) is 8.17. The fraction of sp³-hybridized carbons (Fsp3) is 0.286. The maximum absolute atomic E-state index is 11.7. The highest BCUT2D eigenvalue weighted by Crippen LogP contribution is 2.20. The van der Waals surface area contributed by atoms with Crippen LogP contribution in [0, 0.1) is 0 Å². The SMILES string of the molecule is CON(C)S(=O)(=O)c1cccnc1Cl. The van der Waals surface area contributed by atoms with Crippen LogP contribution in [0.5, 0.6) is 0 Å². The van der Waals surface area contributed by atoms with Gasteiger partial charge in [0.15, 0.2) is 0 Å². The molecule has 0 fully saturated rings. The second kappa shape index (κ2) is 4.22. The van der Waals surface area contributed by atoms with Crippen molar-refractivity contribution in [3.05, 3.63) is 23.5 Å². The van der Waals surface area contributed by atoms with E-state index in [1.54, 1.807) is 0 Å². The van der Waals surface area contributed by atoms with Crippen LogP contribution in [-0.4, -0.2) is 32.0 Å². The van der Waals surface area contributed by atoms with Crippen LogP contribution in [0.25, 0.3) is 0 Å². The van der Waals surface area contributed by atoms with Crippen molar-refractivity contribution in [3.8, 4) is 0 Å². The fourth-order valence-corrected chi connectivity index (χ4v) is 2.20. The molecule has 1 rings (SSSR count). The van der Waals surface area contributed by atoms with Crippen molar-refractivity contribution in [3.63, 3.8) is 0 Å². The molecule has 1 aromatic heterocycles. The molecule has 78 valence electrons. The molecular formula is C7H9ClN2O3S. The summed E-state index contributed by atoms with van der Waals surface area (Å²) in [5, 5.41) is -0.0728. The Kier molecular flexibility index (Phi) is 3.43. The second-order valence-electron chi connectivity index (χ2n) is 2.39. The topological polar surface area (TPSA) is 59.5 Å². The number of nitrogens with zero attached hydrogens (tertiary/aromatic N) is 2. The lowest BCUT2D eigenvalue weighted by atomic mass is 10.5. The second-order valence-corrected chi connectivity index (χ2v) is 4.65. The molecule has 1 aromatic rings. The molecule has 5 nitrogen and oxygen atoms in total. The van der Waals surface area contributed by atoms with Crippen molar-refractivity contribution >= 4 is 21.6 Å². The normalized spacial score (nSPS) is 12.0. The minimum atomic E-state index is -3.70. The Labute approximate surface area is 87.3 Å². The third kappa shape index (κ3) is 2.03. The smallest absolute Gasteiger partial charge is 0.267 e. The van der Waals surface area contributed by atoms with Gasteiger partial charge in [-0.1, -0.05) is 16.1 Å². The van der Waals surface area contributed by atoms with Crippen molar-refractivity contribution in [2.45, 2.75) is 4.90 Å². The molecule has 0 amide bonds. The molecule has 0 spiro atoms. The number of aromatic nitrogens is 1. The van der Waals surface area contributed by atoms with E-state index in [-0.39, 0.29) is 10.0 Å². The Balaban J connectivity index is 3.24. The summed E-state index contributed by atoms with van der Waals surface area (Å²) >= 11 is 5.64. The Morgan fingerprint density at radius 3 is 2.71 bits per heavy atom.